The molecule has 0 aliphatic carbocycles. The number of aromatic nitrogens is 4. The highest BCUT2D eigenvalue weighted by atomic mass is 32.1. The van der Waals surface area contributed by atoms with E-state index in [2.05, 4.69) is 20.4 Å². The fourth-order valence-electron chi connectivity index (χ4n) is 4.52. The summed E-state index contributed by atoms with van der Waals surface area (Å²) in [6.07, 6.45) is 4.78. The van der Waals surface area contributed by atoms with Crippen LogP contribution in [0.25, 0.3) is 0 Å². The van der Waals surface area contributed by atoms with E-state index in [9.17, 15) is 4.79 Å². The van der Waals surface area contributed by atoms with Crippen molar-refractivity contribution in [1.29, 1.82) is 0 Å². The summed E-state index contributed by atoms with van der Waals surface area (Å²) in [5.41, 5.74) is -0.308. The van der Waals surface area contributed by atoms with Gasteiger partial charge in [0, 0.05) is 25.1 Å². The van der Waals surface area contributed by atoms with Crippen LogP contribution in [-0.4, -0.2) is 75.8 Å². The maximum Gasteiger partial charge on any atom is 0.227 e. The van der Waals surface area contributed by atoms with Crippen molar-refractivity contribution in [1.82, 2.24) is 30.0 Å². The molecule has 2 aliphatic heterocycles. The molecular formula is C19H28N6O2S. The maximum absolute atomic E-state index is 13.0. The fraction of sp³-hybridized carbons (Fsp3) is 0.684. The van der Waals surface area contributed by atoms with Crippen molar-refractivity contribution < 1.29 is 9.53 Å². The minimum Gasteiger partial charge on any atom is -0.383 e. The van der Waals surface area contributed by atoms with Crippen LogP contribution in [0.3, 0.4) is 0 Å². The summed E-state index contributed by atoms with van der Waals surface area (Å²) in [7, 11) is 1.69. The molecule has 4 heterocycles. The first-order valence-corrected chi connectivity index (χ1v) is 10.9. The zero-order valence-electron chi connectivity index (χ0n) is 16.4. The van der Waals surface area contributed by atoms with Gasteiger partial charge in [-0.3, -0.25) is 9.69 Å². The summed E-state index contributed by atoms with van der Waals surface area (Å²) < 4.78 is 7.11. The van der Waals surface area contributed by atoms with E-state index < -0.39 is 0 Å². The van der Waals surface area contributed by atoms with Gasteiger partial charge in [-0.05, 0) is 60.6 Å². The number of tetrazole rings is 1. The van der Waals surface area contributed by atoms with Crippen LogP contribution in [0.2, 0.25) is 0 Å². The molecule has 1 atom stereocenters. The SMILES string of the molecule is COCCn1nnnc1C1(N2CCCC2)CCCN(C(=O)Cc2cccs2)C1. The Bertz CT molecular complexity index is 773. The van der Waals surface area contributed by atoms with Crippen LogP contribution in [0, 0.1) is 0 Å². The van der Waals surface area contributed by atoms with Crippen LogP contribution in [0.4, 0.5) is 0 Å². The van der Waals surface area contributed by atoms with E-state index in [1.165, 1.54) is 12.8 Å². The third-order valence-electron chi connectivity index (χ3n) is 5.90. The largest absolute Gasteiger partial charge is 0.383 e. The second kappa shape index (κ2) is 8.67. The molecule has 28 heavy (non-hydrogen) atoms. The van der Waals surface area contributed by atoms with Crippen LogP contribution in [0.15, 0.2) is 17.5 Å². The topological polar surface area (TPSA) is 76.4 Å². The number of ether oxygens (including phenoxy) is 1. The molecule has 0 aromatic carbocycles. The lowest BCUT2D eigenvalue weighted by molar-refractivity contribution is -0.135. The van der Waals surface area contributed by atoms with Crippen LogP contribution in [0.5, 0.6) is 0 Å². The second-order valence-corrected chi connectivity index (χ2v) is 8.65. The molecule has 8 nitrogen and oxygen atoms in total. The Kier molecular flexibility index (Phi) is 6.03. The molecule has 2 aliphatic rings. The summed E-state index contributed by atoms with van der Waals surface area (Å²) >= 11 is 1.64. The third kappa shape index (κ3) is 3.83. The van der Waals surface area contributed by atoms with Crippen molar-refractivity contribution in [3.8, 4) is 0 Å². The molecule has 152 valence electrons. The number of carbonyl (C=O) groups is 1. The molecule has 2 aromatic heterocycles. The number of carbonyl (C=O) groups excluding carboxylic acids is 1. The average Bonchev–Trinajstić information content (AvgIpc) is 3.49. The van der Waals surface area contributed by atoms with Gasteiger partial charge in [-0.2, -0.15) is 0 Å². The summed E-state index contributed by atoms with van der Waals surface area (Å²) in [5, 5.41) is 14.7. The lowest BCUT2D eigenvalue weighted by atomic mass is 9.86. The van der Waals surface area contributed by atoms with Crippen molar-refractivity contribution in [2.24, 2.45) is 0 Å². The van der Waals surface area contributed by atoms with Gasteiger partial charge in [0.1, 0.15) is 5.54 Å². The number of hydrogen-bond acceptors (Lipinski definition) is 7. The Morgan fingerprint density at radius 3 is 2.89 bits per heavy atom. The minimum absolute atomic E-state index is 0.196. The molecule has 4 rings (SSSR count). The van der Waals surface area contributed by atoms with E-state index in [0.29, 0.717) is 26.1 Å². The zero-order valence-corrected chi connectivity index (χ0v) is 17.2. The molecule has 0 spiro atoms. The predicted octanol–water partition coefficient (Wildman–Crippen LogP) is 1.54. The average molecular weight is 405 g/mol. The van der Waals surface area contributed by atoms with Gasteiger partial charge in [-0.25, -0.2) is 4.68 Å². The van der Waals surface area contributed by atoms with Gasteiger partial charge >= 0.3 is 0 Å². The Labute approximate surface area is 169 Å². The molecular weight excluding hydrogens is 376 g/mol. The van der Waals surface area contributed by atoms with E-state index >= 15 is 0 Å². The van der Waals surface area contributed by atoms with Crippen molar-refractivity contribution in [2.45, 2.75) is 44.2 Å². The molecule has 2 saturated heterocycles. The molecule has 0 saturated carbocycles. The van der Waals surface area contributed by atoms with Gasteiger partial charge in [0.05, 0.1) is 19.6 Å². The van der Waals surface area contributed by atoms with E-state index in [4.69, 9.17) is 4.74 Å². The zero-order chi connectivity index (χ0) is 19.4. The Balaban J connectivity index is 1.60. The smallest absolute Gasteiger partial charge is 0.227 e. The lowest BCUT2D eigenvalue weighted by Crippen LogP contribution is -2.58. The number of thiophene rings is 1. The predicted molar refractivity (Wildman–Crippen MR) is 106 cm³/mol. The molecule has 2 aromatic rings. The molecule has 1 unspecified atom stereocenters. The number of rotatable bonds is 7. The van der Waals surface area contributed by atoms with E-state index in [1.807, 2.05) is 27.1 Å². The molecule has 0 bridgehead atoms. The fourth-order valence-corrected chi connectivity index (χ4v) is 5.21. The molecule has 0 N–H and O–H groups in total. The second-order valence-electron chi connectivity index (χ2n) is 7.62. The first-order valence-electron chi connectivity index (χ1n) is 10.0. The third-order valence-corrected chi connectivity index (χ3v) is 6.77. The molecule has 1 amide bonds. The lowest BCUT2D eigenvalue weighted by Gasteiger charge is -2.47. The van der Waals surface area contributed by atoms with Crippen LogP contribution >= 0.6 is 11.3 Å². The van der Waals surface area contributed by atoms with Crippen LogP contribution in [0.1, 0.15) is 36.4 Å². The number of hydrogen-bond donors (Lipinski definition) is 0. The maximum atomic E-state index is 13.0. The van der Waals surface area contributed by atoms with E-state index in [1.54, 1.807) is 18.4 Å². The first-order chi connectivity index (χ1) is 13.7. The minimum atomic E-state index is -0.308. The summed E-state index contributed by atoms with van der Waals surface area (Å²) in [5.74, 6) is 1.07. The van der Waals surface area contributed by atoms with Gasteiger partial charge in [0.25, 0.3) is 0 Å². The highest BCUT2D eigenvalue weighted by Crippen LogP contribution is 2.38. The van der Waals surface area contributed by atoms with Gasteiger partial charge in [-0.15, -0.1) is 16.4 Å². The number of nitrogens with zero attached hydrogens (tertiary/aromatic N) is 6. The normalized spacial score (nSPS) is 23.4. The van der Waals surface area contributed by atoms with Crippen molar-refractivity contribution in [2.75, 3.05) is 39.9 Å². The van der Waals surface area contributed by atoms with Gasteiger partial charge < -0.3 is 9.64 Å². The Morgan fingerprint density at radius 1 is 1.29 bits per heavy atom. The van der Waals surface area contributed by atoms with Gasteiger partial charge in [0.15, 0.2) is 5.82 Å². The molecule has 0 radical (unpaired) electrons. The standard InChI is InChI=1S/C19H28N6O2S/c1-27-12-11-25-18(20-21-22-25)19(24-9-2-3-10-24)7-5-8-23(15-19)17(26)14-16-6-4-13-28-16/h4,6,13H,2-3,5,7-12,14-15H2,1H3. The molecule has 2 fully saturated rings. The summed E-state index contributed by atoms with van der Waals surface area (Å²) in [6, 6.07) is 4.04. The quantitative estimate of drug-likeness (QED) is 0.697. The number of piperidine rings is 1. The number of likely N-dealkylation sites (tertiary alicyclic amines) is 2. The summed E-state index contributed by atoms with van der Waals surface area (Å²) in [6.45, 7) is 4.71. The van der Waals surface area contributed by atoms with Crippen LogP contribution in [-0.2, 0) is 28.0 Å². The first kappa shape index (κ1) is 19.5. The number of amides is 1. The van der Waals surface area contributed by atoms with E-state index in [0.717, 1.165) is 43.2 Å². The van der Waals surface area contributed by atoms with E-state index in [-0.39, 0.29) is 11.4 Å². The monoisotopic (exact) mass is 404 g/mol. The van der Waals surface area contributed by atoms with Crippen molar-refractivity contribution in [3.63, 3.8) is 0 Å². The van der Waals surface area contributed by atoms with Gasteiger partial charge in [0.2, 0.25) is 5.91 Å². The Morgan fingerprint density at radius 2 is 2.14 bits per heavy atom. The molecule has 9 heteroatoms. The highest BCUT2D eigenvalue weighted by molar-refractivity contribution is 7.10. The highest BCUT2D eigenvalue weighted by Gasteiger charge is 2.47. The Hall–Kier alpha value is -1.84. The van der Waals surface area contributed by atoms with Crippen LogP contribution < -0.4 is 0 Å². The van der Waals surface area contributed by atoms with Crippen molar-refractivity contribution in [3.05, 3.63) is 28.2 Å². The van der Waals surface area contributed by atoms with Crippen molar-refractivity contribution >= 4 is 17.2 Å². The number of methoxy groups -OCH3 is 1. The van der Waals surface area contributed by atoms with Gasteiger partial charge in [-0.1, -0.05) is 6.07 Å². The summed E-state index contributed by atoms with van der Waals surface area (Å²) in [4.78, 5) is 18.7.